The van der Waals surface area contributed by atoms with Crippen LogP contribution in [0.1, 0.15) is 64.8 Å². The van der Waals surface area contributed by atoms with Gasteiger partial charge in [0.05, 0.1) is 29.9 Å². The maximum absolute atomic E-state index is 15.5. The first-order valence-electron chi connectivity index (χ1n) is 20.8. The molecule has 4 fully saturated rings. The lowest BCUT2D eigenvalue weighted by Crippen LogP contribution is -2.65. The van der Waals surface area contributed by atoms with Gasteiger partial charge in [-0.2, -0.15) is 0 Å². The lowest BCUT2D eigenvalue weighted by atomic mass is 9.61. The smallest absolute Gasteiger partial charge is 0.293 e. The van der Waals surface area contributed by atoms with Crippen molar-refractivity contribution in [1.82, 2.24) is 20.1 Å². The minimum absolute atomic E-state index is 0.0300. The molecule has 16 heteroatoms. The molecular weight excluding hydrogens is 789 g/mol. The molecular formula is C45H47F2N7O7. The number of carbonyl (C=O) groups excluding carboxylic acids is 5. The molecule has 1 aromatic heterocycles. The molecule has 1 spiro atoms. The number of likely N-dealkylation sites (tertiary alicyclic amines) is 1. The number of carbonyl (C=O) groups is 5. The number of imide groups is 2. The molecule has 5 aliphatic heterocycles. The van der Waals surface area contributed by atoms with Crippen LogP contribution in [0, 0.1) is 18.2 Å². The van der Waals surface area contributed by atoms with Crippen LogP contribution in [0.3, 0.4) is 0 Å². The van der Waals surface area contributed by atoms with Crippen LogP contribution >= 0.6 is 0 Å². The lowest BCUT2D eigenvalue weighted by molar-refractivity contribution is -0.150. The van der Waals surface area contributed by atoms with Crippen molar-refractivity contribution in [2.75, 3.05) is 68.5 Å². The van der Waals surface area contributed by atoms with Crippen LogP contribution in [0.5, 0.6) is 5.75 Å². The molecule has 1 saturated carbocycles. The number of rotatable bonds is 8. The highest BCUT2D eigenvalue weighted by Crippen LogP contribution is 2.50. The maximum Gasteiger partial charge on any atom is 0.293 e. The molecule has 4 aromatic rings. The third-order valence-corrected chi connectivity index (χ3v) is 13.2. The number of halogens is 2. The van der Waals surface area contributed by atoms with Crippen molar-refractivity contribution in [2.24, 2.45) is 5.41 Å². The van der Waals surface area contributed by atoms with Gasteiger partial charge in [0.15, 0.2) is 5.67 Å². The normalized spacial score (nSPS) is 21.5. The number of nitrogens with zero attached hydrogens (tertiary/aromatic N) is 4. The Morgan fingerprint density at radius 1 is 0.967 bits per heavy atom. The van der Waals surface area contributed by atoms with E-state index in [4.69, 9.17) is 9.47 Å². The van der Waals surface area contributed by atoms with Crippen molar-refractivity contribution in [3.63, 3.8) is 0 Å². The number of benzene rings is 3. The van der Waals surface area contributed by atoms with E-state index >= 15 is 4.39 Å². The third kappa shape index (κ3) is 7.51. The van der Waals surface area contributed by atoms with Crippen molar-refractivity contribution >= 4 is 58.1 Å². The summed E-state index contributed by atoms with van der Waals surface area (Å²) in [6, 6.07) is 13.0. The molecule has 3 N–H and O–H groups in total. The monoisotopic (exact) mass is 835 g/mol. The van der Waals surface area contributed by atoms with Gasteiger partial charge in [-0.3, -0.25) is 39.1 Å². The van der Waals surface area contributed by atoms with Crippen molar-refractivity contribution in [3.05, 3.63) is 77.2 Å². The SMILES string of the molecule is CNc1cc2cc(-c3ccc4c(c3C)NCCO4)c(F)cc2cn1.O=COC1CC2(CCN(CC3(F)CN(c4ccc5c(c4)C(=O)N(C4CCC(=O)NC4=O)C5=O)C3)CC2)C1. The van der Waals surface area contributed by atoms with Gasteiger partial charge in [0.25, 0.3) is 18.3 Å². The molecule has 6 heterocycles. The van der Waals surface area contributed by atoms with Crippen LogP contribution in [-0.2, 0) is 19.1 Å². The van der Waals surface area contributed by atoms with E-state index in [-0.39, 0.29) is 54.4 Å². The first-order valence-corrected chi connectivity index (χ1v) is 20.8. The number of amides is 4. The van der Waals surface area contributed by atoms with E-state index in [2.05, 4.69) is 25.8 Å². The van der Waals surface area contributed by atoms with E-state index in [0.29, 0.717) is 30.9 Å². The summed E-state index contributed by atoms with van der Waals surface area (Å²) in [6.45, 7) is 6.31. The molecule has 318 valence electrons. The van der Waals surface area contributed by atoms with E-state index in [1.165, 1.54) is 0 Å². The number of anilines is 3. The van der Waals surface area contributed by atoms with Crippen LogP contribution < -0.4 is 25.6 Å². The van der Waals surface area contributed by atoms with Crippen molar-refractivity contribution in [1.29, 1.82) is 0 Å². The molecule has 3 aromatic carbocycles. The minimum atomic E-state index is -1.36. The van der Waals surface area contributed by atoms with Gasteiger partial charge in [0, 0.05) is 49.4 Å². The second-order valence-electron chi connectivity index (χ2n) is 17.1. The third-order valence-electron chi connectivity index (χ3n) is 13.2. The Labute approximate surface area is 350 Å². The second-order valence-corrected chi connectivity index (χ2v) is 17.1. The molecule has 0 radical (unpaired) electrons. The summed E-state index contributed by atoms with van der Waals surface area (Å²) < 4.78 is 40.9. The summed E-state index contributed by atoms with van der Waals surface area (Å²) in [5.74, 6) is -0.849. The number of hydrogen-bond donors (Lipinski definition) is 3. The second kappa shape index (κ2) is 15.7. The predicted octanol–water partition coefficient (Wildman–Crippen LogP) is 5.23. The standard InChI is InChI=1S/C26H29FN4O6.C19H18FN3O/c27-26(12-29-7-5-25(6-8-29)10-17(11-25)37-15-32)13-30(14-26)16-1-2-18-19(9-16)24(36)31(23(18)35)20-3-4-21(33)28-22(20)34;1-11-14(3-4-17-19(11)22-5-6-24-17)15-7-12-9-18(21-2)23-10-13(12)8-16(15)20/h1-2,9,15,17,20H,3-8,10-14H2,(H,28,33,34);3-4,7-10,22H,5-6H2,1-2H3,(H,21,23). The van der Waals surface area contributed by atoms with Crippen molar-refractivity contribution in [3.8, 4) is 16.9 Å². The molecule has 14 nitrogen and oxygen atoms in total. The van der Waals surface area contributed by atoms with Crippen molar-refractivity contribution in [2.45, 2.75) is 63.3 Å². The zero-order chi connectivity index (χ0) is 42.6. The van der Waals surface area contributed by atoms with Gasteiger partial charge in [-0.25, -0.2) is 13.8 Å². The van der Waals surface area contributed by atoms with Crippen LogP contribution in [0.2, 0.25) is 0 Å². The first kappa shape index (κ1) is 40.3. The molecule has 1 aliphatic carbocycles. The molecule has 0 bridgehead atoms. The number of hydrogen-bond acceptors (Lipinski definition) is 12. The Morgan fingerprint density at radius 2 is 1.72 bits per heavy atom. The van der Waals surface area contributed by atoms with Crippen LogP contribution in [0.4, 0.5) is 26.0 Å². The van der Waals surface area contributed by atoms with Crippen molar-refractivity contribution < 1.29 is 42.2 Å². The molecule has 1 unspecified atom stereocenters. The number of piperidine rings is 2. The Morgan fingerprint density at radius 3 is 2.46 bits per heavy atom. The Kier molecular flexibility index (Phi) is 10.4. The number of fused-ring (bicyclic) bond motifs is 3. The molecule has 61 heavy (non-hydrogen) atoms. The number of ether oxygens (including phenoxy) is 2. The van der Waals surface area contributed by atoms with Gasteiger partial charge >= 0.3 is 0 Å². The van der Waals surface area contributed by atoms with Crippen LogP contribution in [-0.4, -0.2) is 116 Å². The predicted molar refractivity (Wildman–Crippen MR) is 223 cm³/mol. The van der Waals surface area contributed by atoms with Gasteiger partial charge in [-0.1, -0.05) is 6.07 Å². The summed E-state index contributed by atoms with van der Waals surface area (Å²) in [7, 11) is 1.82. The molecule has 4 amide bonds. The van der Waals surface area contributed by atoms with Gasteiger partial charge in [0.1, 0.15) is 36.1 Å². The van der Waals surface area contributed by atoms with Crippen LogP contribution in [0.25, 0.3) is 21.9 Å². The molecule has 10 rings (SSSR count). The Bertz CT molecular complexity index is 2460. The highest BCUT2D eigenvalue weighted by atomic mass is 19.1. The highest BCUT2D eigenvalue weighted by molar-refractivity contribution is 6.23. The van der Waals surface area contributed by atoms with E-state index in [1.54, 1.807) is 30.5 Å². The fourth-order valence-electron chi connectivity index (χ4n) is 9.82. The fraction of sp³-hybridized carbons (Fsp3) is 0.422. The fourth-order valence-corrected chi connectivity index (χ4v) is 9.82. The van der Waals surface area contributed by atoms with E-state index in [0.717, 1.165) is 89.4 Å². The topological polar surface area (TPSA) is 163 Å². The van der Waals surface area contributed by atoms with Crippen LogP contribution in [0.15, 0.2) is 54.7 Å². The average Bonchev–Trinajstić information content (AvgIpc) is 3.48. The number of alkyl halides is 1. The Balaban J connectivity index is 0.000000171. The largest absolute Gasteiger partial charge is 0.490 e. The molecule has 3 saturated heterocycles. The summed E-state index contributed by atoms with van der Waals surface area (Å²) in [6.07, 6.45) is 5.64. The zero-order valence-corrected chi connectivity index (χ0v) is 34.0. The molecule has 6 aliphatic rings. The summed E-state index contributed by atoms with van der Waals surface area (Å²) in [4.78, 5) is 69.3. The Hall–Kier alpha value is -6.16. The number of nitrogens with one attached hydrogen (secondary N) is 3. The summed E-state index contributed by atoms with van der Waals surface area (Å²) in [5, 5.41) is 10.3. The van der Waals surface area contributed by atoms with Gasteiger partial charge < -0.3 is 25.0 Å². The highest BCUT2D eigenvalue weighted by Gasteiger charge is 2.50. The first-order chi connectivity index (χ1) is 29.4. The quantitative estimate of drug-likeness (QED) is 0.157. The molecule has 1 atom stereocenters. The van der Waals surface area contributed by atoms with Gasteiger partial charge in [-0.05, 0) is 117 Å². The maximum atomic E-state index is 15.5. The zero-order valence-electron chi connectivity index (χ0n) is 34.0. The van der Waals surface area contributed by atoms with E-state index in [9.17, 15) is 28.4 Å². The average molecular weight is 836 g/mol. The lowest BCUT2D eigenvalue weighted by Gasteiger charge is -2.53. The number of aromatic nitrogens is 1. The van der Waals surface area contributed by atoms with E-state index < -0.39 is 35.3 Å². The minimum Gasteiger partial charge on any atom is -0.490 e. The number of pyridine rings is 1. The van der Waals surface area contributed by atoms with Gasteiger partial charge in [-0.15, -0.1) is 0 Å². The van der Waals surface area contributed by atoms with E-state index in [1.807, 2.05) is 43.1 Å². The van der Waals surface area contributed by atoms with Gasteiger partial charge in [0.2, 0.25) is 11.8 Å². The summed E-state index contributed by atoms with van der Waals surface area (Å²) in [5.41, 5.74) is 3.34. The summed E-state index contributed by atoms with van der Waals surface area (Å²) >= 11 is 0.